The van der Waals surface area contributed by atoms with Crippen LogP contribution in [0.1, 0.15) is 192 Å². The molecule has 6 aliphatic rings. The molecule has 2 bridgehead atoms. The molecule has 2 atom stereocenters. The number of anilines is 4. The lowest BCUT2D eigenvalue weighted by Gasteiger charge is -2.45. The second-order valence-corrected chi connectivity index (χ2v) is 27.7. The zero-order valence-corrected chi connectivity index (χ0v) is 45.7. The monoisotopic (exact) mass is 931 g/mol. The molecule has 3 heterocycles. The Hall–Kier alpha value is -4.54. The maximum absolute atomic E-state index is 2.79. The summed E-state index contributed by atoms with van der Waals surface area (Å²) in [5, 5.41) is 1.42. The molecule has 2 aliphatic heterocycles. The van der Waals surface area contributed by atoms with Crippen molar-refractivity contribution in [3.05, 3.63) is 153 Å². The topological polar surface area (TPSA) is 6.48 Å². The third-order valence-corrected chi connectivity index (χ3v) is 20.0. The predicted octanol–water partition coefficient (Wildman–Crippen LogP) is 17.0. The van der Waals surface area contributed by atoms with E-state index in [9.17, 15) is 0 Å². The lowest BCUT2D eigenvalue weighted by molar-refractivity contribution is 0.331. The fourth-order valence-corrected chi connectivity index (χ4v) is 15.3. The maximum Gasteiger partial charge on any atom is 0.233 e. The van der Waals surface area contributed by atoms with Crippen LogP contribution in [-0.4, -0.2) is 12.8 Å². The highest BCUT2D eigenvalue weighted by Crippen LogP contribution is 2.55. The number of thiophene rings is 1. The molecule has 1 aromatic heterocycles. The minimum Gasteiger partial charge on any atom is -0.335 e. The van der Waals surface area contributed by atoms with Crippen molar-refractivity contribution in [1.82, 2.24) is 0 Å². The second kappa shape index (κ2) is 15.7. The van der Waals surface area contributed by atoms with Crippen molar-refractivity contribution < 1.29 is 0 Å². The van der Waals surface area contributed by atoms with E-state index in [1.54, 1.807) is 16.7 Å². The second-order valence-electron chi connectivity index (χ2n) is 26.7. The highest BCUT2D eigenvalue weighted by atomic mass is 32.1. The van der Waals surface area contributed by atoms with Crippen LogP contribution in [0.2, 0.25) is 6.32 Å². The van der Waals surface area contributed by atoms with Gasteiger partial charge in [-0.15, -0.1) is 11.3 Å². The van der Waals surface area contributed by atoms with Gasteiger partial charge >= 0.3 is 0 Å². The molecule has 4 heteroatoms. The number of aryl methyl sites for hydroxylation is 1. The summed E-state index contributed by atoms with van der Waals surface area (Å²) in [6.45, 7) is 37.1. The average molecular weight is 931 g/mol. The molecule has 5 aromatic rings. The summed E-state index contributed by atoms with van der Waals surface area (Å²) in [5.74, 6) is 0.313. The maximum atomic E-state index is 2.79. The fraction of sp³-hybridized carbons (Fsp3) is 0.477. The van der Waals surface area contributed by atoms with Gasteiger partial charge in [0, 0.05) is 49.6 Å². The number of rotatable bonds is 3. The Morgan fingerprint density at radius 1 is 0.594 bits per heavy atom. The molecule has 4 aromatic carbocycles. The summed E-state index contributed by atoms with van der Waals surface area (Å²) >= 11 is 2.09. The summed E-state index contributed by atoms with van der Waals surface area (Å²) in [5.41, 5.74) is 22.3. The molecule has 0 saturated carbocycles. The Morgan fingerprint density at radius 3 is 1.80 bits per heavy atom. The lowest BCUT2D eigenvalue weighted by Crippen LogP contribution is -2.50. The Balaban J connectivity index is 1.21. The zero-order valence-electron chi connectivity index (χ0n) is 44.9. The van der Waals surface area contributed by atoms with E-state index in [4.69, 9.17) is 0 Å². The van der Waals surface area contributed by atoms with Crippen molar-refractivity contribution in [3.8, 4) is 0 Å². The number of hydrogen-bond acceptors (Lipinski definition) is 3. The van der Waals surface area contributed by atoms with E-state index in [1.807, 2.05) is 0 Å². The number of nitrogens with zero attached hydrogens (tertiary/aromatic N) is 2. The predicted molar refractivity (Wildman–Crippen MR) is 303 cm³/mol. The molecule has 69 heavy (non-hydrogen) atoms. The first-order valence-corrected chi connectivity index (χ1v) is 27.6. The summed E-state index contributed by atoms with van der Waals surface area (Å²) in [7, 11) is 0. The summed E-state index contributed by atoms with van der Waals surface area (Å²) in [6, 6.07) is 25.9. The standard InChI is InChI=1S/C65H79BN2S/c1-40-21-24-54-56(33-40)67(55-37-52-50(62(8,9)27-29-64(52,12)13)35-46(55)43-19-17-16-18-20-43)42(3)31-41(2)32-45-39-66(54)59-58(47-36-51-53(38-57(47)69-59)65(14,15)30-28-63(51,10)11)68(45)44-22-23-48-49(34-44)61(6,7)26-25-60(48,4)5/h16-19,21-24,31-38,42-43H,20,25-30,39H2,1-15H3/b41-31+,45-32+. The minimum absolute atomic E-state index is 0.0857. The third kappa shape index (κ3) is 7.53. The quantitative estimate of drug-likeness (QED) is 0.166. The normalized spacial score (nSPS) is 25.9. The van der Waals surface area contributed by atoms with Crippen LogP contribution in [0.15, 0.2) is 108 Å². The molecule has 0 fully saturated rings. The van der Waals surface area contributed by atoms with Crippen molar-refractivity contribution in [2.75, 3.05) is 9.80 Å². The highest BCUT2D eigenvalue weighted by Gasteiger charge is 2.45. The van der Waals surface area contributed by atoms with Crippen LogP contribution in [0, 0.1) is 6.92 Å². The van der Waals surface area contributed by atoms with Gasteiger partial charge in [0.2, 0.25) is 6.71 Å². The Morgan fingerprint density at radius 2 is 1.17 bits per heavy atom. The zero-order chi connectivity index (χ0) is 49.0. The van der Waals surface area contributed by atoms with Crippen molar-refractivity contribution in [3.63, 3.8) is 0 Å². The van der Waals surface area contributed by atoms with Gasteiger partial charge < -0.3 is 9.80 Å². The van der Waals surface area contributed by atoms with Crippen LogP contribution in [0.5, 0.6) is 0 Å². The van der Waals surface area contributed by atoms with Crippen LogP contribution < -0.4 is 20.0 Å². The van der Waals surface area contributed by atoms with Crippen LogP contribution in [-0.2, 0) is 32.5 Å². The molecule has 11 rings (SSSR count). The van der Waals surface area contributed by atoms with Gasteiger partial charge in [-0.2, -0.15) is 0 Å². The summed E-state index contributed by atoms with van der Waals surface area (Å²) < 4.78 is 2.94. The van der Waals surface area contributed by atoms with Crippen molar-refractivity contribution in [1.29, 1.82) is 0 Å². The van der Waals surface area contributed by atoms with Crippen molar-refractivity contribution in [2.24, 2.45) is 0 Å². The van der Waals surface area contributed by atoms with Gasteiger partial charge in [0.1, 0.15) is 0 Å². The van der Waals surface area contributed by atoms with Gasteiger partial charge in [-0.05, 0) is 197 Å². The minimum atomic E-state index is 0.0857. The van der Waals surface area contributed by atoms with E-state index < -0.39 is 0 Å². The number of allylic oxidation sites excluding steroid dienone is 7. The molecule has 358 valence electrons. The molecule has 4 aliphatic carbocycles. The largest absolute Gasteiger partial charge is 0.335 e. The molecule has 2 nitrogen and oxygen atoms in total. The van der Waals surface area contributed by atoms with E-state index in [1.165, 1.54) is 121 Å². The van der Waals surface area contributed by atoms with Gasteiger partial charge in [0.15, 0.2) is 0 Å². The number of benzene rings is 4. The van der Waals surface area contributed by atoms with E-state index in [0.717, 1.165) is 12.7 Å². The van der Waals surface area contributed by atoms with Crippen molar-refractivity contribution in [2.45, 2.75) is 200 Å². The molecular formula is C65H79BN2S. The smallest absolute Gasteiger partial charge is 0.233 e. The summed E-state index contributed by atoms with van der Waals surface area (Å²) in [4.78, 5) is 5.54. The molecule has 0 spiro atoms. The molecule has 0 saturated heterocycles. The molecule has 0 N–H and O–H groups in total. The van der Waals surface area contributed by atoms with Crippen LogP contribution in [0.3, 0.4) is 0 Å². The van der Waals surface area contributed by atoms with Crippen LogP contribution in [0.25, 0.3) is 10.1 Å². The van der Waals surface area contributed by atoms with E-state index in [2.05, 4.69) is 222 Å². The SMILES string of the molecule is CC1=C\C(C)N(c2cc3c(cc2C2C=CC=CC2)C(C)(C)CCC3(C)C)c2cc(C)ccc2B2C/C(=C\1)N(c1ccc3c(c1)C(C)(C)CCC3(C)C)c1c2sc2cc3c(cc12)C(C)(C)CCC3(C)C. The fourth-order valence-electron chi connectivity index (χ4n) is 14.0. The Labute approximate surface area is 421 Å². The van der Waals surface area contributed by atoms with E-state index >= 15 is 0 Å². The van der Waals surface area contributed by atoms with Crippen LogP contribution >= 0.6 is 11.3 Å². The van der Waals surface area contributed by atoms with E-state index in [-0.39, 0.29) is 45.2 Å². The first-order valence-electron chi connectivity index (χ1n) is 26.7. The Bertz CT molecular complexity index is 3080. The van der Waals surface area contributed by atoms with Gasteiger partial charge in [-0.25, -0.2) is 0 Å². The first kappa shape index (κ1) is 46.8. The number of hydrogen-bond donors (Lipinski definition) is 0. The van der Waals surface area contributed by atoms with Gasteiger partial charge in [0.25, 0.3) is 0 Å². The molecular weight excluding hydrogens is 852 g/mol. The number of fused-ring (bicyclic) bond motifs is 11. The van der Waals surface area contributed by atoms with E-state index in [0.29, 0.717) is 5.92 Å². The molecule has 0 radical (unpaired) electrons. The third-order valence-electron chi connectivity index (χ3n) is 18.8. The van der Waals surface area contributed by atoms with Gasteiger partial charge in [-0.3, -0.25) is 0 Å². The summed E-state index contributed by atoms with van der Waals surface area (Å²) in [6.07, 6.45) is 23.7. The molecule has 0 amide bonds. The molecule has 2 unspecified atom stereocenters. The lowest BCUT2D eigenvalue weighted by atomic mass is 9.39. The first-order chi connectivity index (χ1) is 32.4. The highest BCUT2D eigenvalue weighted by molar-refractivity contribution is 7.31. The average Bonchev–Trinajstić information content (AvgIpc) is 3.66. The van der Waals surface area contributed by atoms with Crippen molar-refractivity contribution >= 4 is 61.1 Å². The van der Waals surface area contributed by atoms with Gasteiger partial charge in [0.05, 0.1) is 5.69 Å². The van der Waals surface area contributed by atoms with Crippen LogP contribution in [0.4, 0.5) is 22.7 Å². The Kier molecular flexibility index (Phi) is 10.7. The van der Waals surface area contributed by atoms with Gasteiger partial charge in [-0.1, -0.05) is 143 Å².